The normalized spacial score (nSPS) is 22.0. The van der Waals surface area contributed by atoms with Gasteiger partial charge < -0.3 is 10.1 Å². The van der Waals surface area contributed by atoms with Crippen molar-refractivity contribution >= 4 is 29.1 Å². The maximum absolute atomic E-state index is 13.3. The molecule has 6 heteroatoms. The molecule has 28 heavy (non-hydrogen) atoms. The first-order valence-corrected chi connectivity index (χ1v) is 9.49. The van der Waals surface area contributed by atoms with Crippen molar-refractivity contribution in [2.24, 2.45) is 0 Å². The topological polar surface area (TPSA) is 38.3 Å². The predicted molar refractivity (Wildman–Crippen MR) is 107 cm³/mol. The molecular weight excluding hydrogens is 400 g/mol. The molecule has 3 aromatic rings. The molecule has 0 radical (unpaired) electrons. The third-order valence-corrected chi connectivity index (χ3v) is 5.23. The molecular formula is C22H16Cl2FNO2. The van der Waals surface area contributed by atoms with Gasteiger partial charge in [-0.05, 0) is 53.1 Å². The van der Waals surface area contributed by atoms with Crippen molar-refractivity contribution < 1.29 is 13.9 Å². The Morgan fingerprint density at radius 2 is 1.25 bits per heavy atom. The third kappa shape index (κ3) is 3.90. The summed E-state index contributed by atoms with van der Waals surface area (Å²) in [6.07, 6.45) is -1.30. The second-order valence-electron chi connectivity index (χ2n) is 6.58. The molecule has 1 N–H and O–H groups in total. The van der Waals surface area contributed by atoms with E-state index in [1.807, 2.05) is 24.3 Å². The average molecular weight is 416 g/mol. The van der Waals surface area contributed by atoms with Crippen LogP contribution in [0.25, 0.3) is 0 Å². The fourth-order valence-corrected chi connectivity index (χ4v) is 3.56. The smallest absolute Gasteiger partial charge is 0.254 e. The molecule has 3 atom stereocenters. The fraction of sp³-hybridized carbons (Fsp3) is 0.136. The molecule has 1 fully saturated rings. The van der Waals surface area contributed by atoms with Crippen molar-refractivity contribution in [1.82, 2.24) is 5.32 Å². The van der Waals surface area contributed by atoms with Crippen LogP contribution in [0.2, 0.25) is 10.0 Å². The molecule has 1 saturated heterocycles. The number of carbonyl (C=O) groups excluding carboxylic acids is 1. The Morgan fingerprint density at radius 1 is 0.750 bits per heavy atom. The van der Waals surface area contributed by atoms with Crippen molar-refractivity contribution in [3.63, 3.8) is 0 Å². The number of morpholine rings is 1. The van der Waals surface area contributed by atoms with Crippen LogP contribution in [0.15, 0.2) is 72.8 Å². The minimum atomic E-state index is -0.843. The average Bonchev–Trinajstić information content (AvgIpc) is 2.70. The first-order valence-electron chi connectivity index (χ1n) is 8.73. The summed E-state index contributed by atoms with van der Waals surface area (Å²) in [7, 11) is 0. The summed E-state index contributed by atoms with van der Waals surface area (Å²) >= 11 is 12.0. The number of nitrogens with one attached hydrogen (secondary N) is 1. The van der Waals surface area contributed by atoms with Crippen LogP contribution in [-0.2, 0) is 9.53 Å². The van der Waals surface area contributed by atoms with Gasteiger partial charge >= 0.3 is 0 Å². The molecule has 3 nitrogen and oxygen atoms in total. The number of rotatable bonds is 3. The maximum atomic E-state index is 13.3. The van der Waals surface area contributed by atoms with Crippen LogP contribution < -0.4 is 5.32 Å². The molecule has 0 aliphatic carbocycles. The molecule has 4 rings (SSSR count). The molecule has 1 aliphatic heterocycles. The highest BCUT2D eigenvalue weighted by Crippen LogP contribution is 2.41. The van der Waals surface area contributed by atoms with E-state index in [9.17, 15) is 9.18 Å². The van der Waals surface area contributed by atoms with Crippen LogP contribution in [-0.4, -0.2) is 5.91 Å². The van der Waals surface area contributed by atoms with E-state index < -0.39 is 18.2 Å². The van der Waals surface area contributed by atoms with Gasteiger partial charge in [0.05, 0.1) is 6.04 Å². The van der Waals surface area contributed by atoms with Gasteiger partial charge in [0, 0.05) is 10.0 Å². The predicted octanol–water partition coefficient (Wildman–Crippen LogP) is 5.80. The van der Waals surface area contributed by atoms with E-state index in [0.717, 1.165) is 11.1 Å². The lowest BCUT2D eigenvalue weighted by Gasteiger charge is -2.37. The summed E-state index contributed by atoms with van der Waals surface area (Å²) in [6, 6.07) is 19.9. The number of carbonyl (C=O) groups is 1. The molecule has 0 saturated carbocycles. The van der Waals surface area contributed by atoms with E-state index in [1.54, 1.807) is 36.4 Å². The lowest BCUT2D eigenvalue weighted by atomic mass is 9.92. The highest BCUT2D eigenvalue weighted by molar-refractivity contribution is 6.30. The van der Waals surface area contributed by atoms with Gasteiger partial charge in [-0.15, -0.1) is 0 Å². The molecule has 1 amide bonds. The van der Waals surface area contributed by atoms with Crippen LogP contribution in [0.1, 0.15) is 34.9 Å². The monoisotopic (exact) mass is 415 g/mol. The molecule has 1 aliphatic rings. The van der Waals surface area contributed by atoms with Crippen LogP contribution in [0.4, 0.5) is 4.39 Å². The summed E-state index contributed by atoms with van der Waals surface area (Å²) < 4.78 is 19.5. The van der Waals surface area contributed by atoms with Gasteiger partial charge in [0.15, 0.2) is 6.10 Å². The van der Waals surface area contributed by atoms with E-state index in [1.165, 1.54) is 12.1 Å². The van der Waals surface area contributed by atoms with Crippen molar-refractivity contribution in [2.45, 2.75) is 18.2 Å². The number of benzene rings is 3. The standard InChI is InChI=1S/C22H16Cl2FNO2/c23-16-7-1-13(2-8-16)19-20(14-3-9-17(24)10-4-14)28-21(22(27)26-19)15-5-11-18(25)12-6-15/h1-12,19-21H,(H,26,27). The van der Waals surface area contributed by atoms with E-state index >= 15 is 0 Å². The zero-order chi connectivity index (χ0) is 19.7. The number of amides is 1. The SMILES string of the molecule is O=C1NC(c2ccc(Cl)cc2)C(c2ccc(Cl)cc2)OC1c1ccc(F)cc1. The highest BCUT2D eigenvalue weighted by Gasteiger charge is 2.38. The minimum Gasteiger partial charge on any atom is -0.353 e. The van der Waals surface area contributed by atoms with E-state index in [4.69, 9.17) is 27.9 Å². The van der Waals surface area contributed by atoms with Gasteiger partial charge in [-0.3, -0.25) is 4.79 Å². The molecule has 0 bridgehead atoms. The van der Waals surface area contributed by atoms with Gasteiger partial charge in [0.1, 0.15) is 11.9 Å². The first-order chi connectivity index (χ1) is 13.5. The Kier molecular flexibility index (Phi) is 5.36. The van der Waals surface area contributed by atoms with Gasteiger partial charge in [-0.2, -0.15) is 0 Å². The number of hydrogen-bond acceptors (Lipinski definition) is 2. The largest absolute Gasteiger partial charge is 0.353 e. The van der Waals surface area contributed by atoms with Crippen molar-refractivity contribution in [2.75, 3.05) is 0 Å². The van der Waals surface area contributed by atoms with Crippen molar-refractivity contribution in [3.8, 4) is 0 Å². The van der Waals surface area contributed by atoms with Gasteiger partial charge in [-0.25, -0.2) is 4.39 Å². The van der Waals surface area contributed by atoms with Crippen molar-refractivity contribution in [3.05, 3.63) is 105 Å². The molecule has 142 valence electrons. The Balaban J connectivity index is 1.72. The Hall–Kier alpha value is -2.40. The Labute approximate surface area is 172 Å². The van der Waals surface area contributed by atoms with Crippen molar-refractivity contribution in [1.29, 1.82) is 0 Å². The molecule has 1 heterocycles. The number of hydrogen-bond donors (Lipinski definition) is 1. The summed E-state index contributed by atoms with van der Waals surface area (Å²) in [5, 5.41) is 4.27. The zero-order valence-corrected chi connectivity index (χ0v) is 16.1. The number of halogens is 3. The summed E-state index contributed by atoms with van der Waals surface area (Å²) in [5.41, 5.74) is 2.33. The van der Waals surface area contributed by atoms with Crippen LogP contribution in [0, 0.1) is 5.82 Å². The van der Waals surface area contributed by atoms with Crippen LogP contribution in [0.3, 0.4) is 0 Å². The fourth-order valence-electron chi connectivity index (χ4n) is 3.31. The summed E-state index contributed by atoms with van der Waals surface area (Å²) in [6.45, 7) is 0. The third-order valence-electron chi connectivity index (χ3n) is 4.72. The van der Waals surface area contributed by atoms with E-state index in [0.29, 0.717) is 15.6 Å². The van der Waals surface area contributed by atoms with Gasteiger partial charge in [-0.1, -0.05) is 59.6 Å². The quantitative estimate of drug-likeness (QED) is 0.586. The second-order valence-corrected chi connectivity index (χ2v) is 7.45. The lowest BCUT2D eigenvalue weighted by molar-refractivity contribution is -0.151. The molecule has 0 spiro atoms. The first kappa shape index (κ1) is 18.9. The van der Waals surface area contributed by atoms with Crippen LogP contribution in [0.5, 0.6) is 0 Å². The summed E-state index contributed by atoms with van der Waals surface area (Å²) in [5.74, 6) is -0.648. The zero-order valence-electron chi connectivity index (χ0n) is 14.6. The molecule has 0 aromatic heterocycles. The Bertz CT molecular complexity index is 975. The van der Waals surface area contributed by atoms with Gasteiger partial charge in [0.2, 0.25) is 0 Å². The summed E-state index contributed by atoms with van der Waals surface area (Å²) in [4.78, 5) is 12.8. The van der Waals surface area contributed by atoms with Crippen LogP contribution >= 0.6 is 23.2 Å². The van der Waals surface area contributed by atoms with E-state index in [2.05, 4.69) is 5.32 Å². The Morgan fingerprint density at radius 3 is 1.82 bits per heavy atom. The molecule has 3 unspecified atom stereocenters. The number of ether oxygens (including phenoxy) is 1. The lowest BCUT2D eigenvalue weighted by Crippen LogP contribution is -2.43. The second kappa shape index (κ2) is 7.92. The van der Waals surface area contributed by atoms with E-state index in [-0.39, 0.29) is 11.7 Å². The molecule has 3 aromatic carbocycles. The van der Waals surface area contributed by atoms with Gasteiger partial charge in [0.25, 0.3) is 5.91 Å². The minimum absolute atomic E-state index is 0.281. The highest BCUT2D eigenvalue weighted by atomic mass is 35.5. The maximum Gasteiger partial charge on any atom is 0.254 e.